The number of anilines is 1. The fourth-order valence-electron chi connectivity index (χ4n) is 1.61. The first-order chi connectivity index (χ1) is 9.58. The van der Waals surface area contributed by atoms with Crippen molar-refractivity contribution in [2.45, 2.75) is 13.0 Å². The number of nitrogens with one attached hydrogen (secondary N) is 3. The fraction of sp³-hybridized carbons (Fsp3) is 0.167. The number of aromatic nitrogens is 3. The van der Waals surface area contributed by atoms with Gasteiger partial charge in [0.05, 0.1) is 11.7 Å². The second-order valence-corrected chi connectivity index (χ2v) is 4.00. The number of H-pyrrole nitrogens is 1. The first-order valence-electron chi connectivity index (χ1n) is 5.83. The van der Waals surface area contributed by atoms with Crippen LogP contribution < -0.4 is 10.6 Å². The Morgan fingerprint density at radius 3 is 2.80 bits per heavy atom. The summed E-state index contributed by atoms with van der Waals surface area (Å²) in [6.45, 7) is 1.75. The molecule has 0 saturated carbocycles. The van der Waals surface area contributed by atoms with E-state index < -0.39 is 12.0 Å². The Labute approximate surface area is 114 Å². The van der Waals surface area contributed by atoms with Gasteiger partial charge >= 0.3 is 12.0 Å². The molecule has 20 heavy (non-hydrogen) atoms. The average molecular weight is 275 g/mol. The maximum atomic E-state index is 11.8. The Morgan fingerprint density at radius 1 is 1.35 bits per heavy atom. The van der Waals surface area contributed by atoms with E-state index >= 15 is 0 Å². The highest BCUT2D eigenvalue weighted by molar-refractivity contribution is 5.98. The van der Waals surface area contributed by atoms with Gasteiger partial charge in [0.25, 0.3) is 0 Å². The van der Waals surface area contributed by atoms with E-state index in [1.165, 1.54) is 18.3 Å². The number of rotatable bonds is 4. The SMILES string of the molecule is CC(NC(=O)Nc1cccnc1C(=O)O)c1ncc[nH]1. The minimum Gasteiger partial charge on any atom is -0.476 e. The highest BCUT2D eigenvalue weighted by atomic mass is 16.4. The van der Waals surface area contributed by atoms with E-state index in [2.05, 4.69) is 25.6 Å². The molecule has 0 fully saturated rings. The zero-order chi connectivity index (χ0) is 14.5. The maximum Gasteiger partial charge on any atom is 0.356 e. The smallest absolute Gasteiger partial charge is 0.356 e. The lowest BCUT2D eigenvalue weighted by atomic mass is 10.3. The molecule has 8 nitrogen and oxygen atoms in total. The van der Waals surface area contributed by atoms with E-state index in [0.29, 0.717) is 5.82 Å². The van der Waals surface area contributed by atoms with Crippen LogP contribution in [0, 0.1) is 0 Å². The normalized spacial score (nSPS) is 11.7. The van der Waals surface area contributed by atoms with Crippen molar-refractivity contribution in [3.8, 4) is 0 Å². The minimum absolute atomic E-state index is 0.129. The van der Waals surface area contributed by atoms with Gasteiger partial charge in [-0.2, -0.15) is 0 Å². The molecule has 0 saturated heterocycles. The predicted molar refractivity (Wildman–Crippen MR) is 70.4 cm³/mol. The van der Waals surface area contributed by atoms with Crippen LogP contribution in [0.25, 0.3) is 0 Å². The molecule has 104 valence electrons. The molecule has 0 aliphatic rings. The third kappa shape index (κ3) is 3.10. The number of aromatic carboxylic acids is 1. The number of urea groups is 1. The van der Waals surface area contributed by atoms with Gasteiger partial charge in [0.2, 0.25) is 0 Å². The van der Waals surface area contributed by atoms with Gasteiger partial charge in [0.15, 0.2) is 5.69 Å². The van der Waals surface area contributed by atoms with Crippen LogP contribution in [0.5, 0.6) is 0 Å². The van der Waals surface area contributed by atoms with Gasteiger partial charge in [-0.1, -0.05) is 0 Å². The largest absolute Gasteiger partial charge is 0.476 e. The Kier molecular flexibility index (Phi) is 3.94. The number of hydrogen-bond acceptors (Lipinski definition) is 4. The van der Waals surface area contributed by atoms with Crippen LogP contribution in [0.1, 0.15) is 29.3 Å². The number of amides is 2. The summed E-state index contributed by atoms with van der Waals surface area (Å²) in [7, 11) is 0. The molecule has 2 aromatic rings. The number of nitrogens with zero attached hydrogens (tertiary/aromatic N) is 2. The van der Waals surface area contributed by atoms with Crippen LogP contribution in [0.15, 0.2) is 30.7 Å². The zero-order valence-electron chi connectivity index (χ0n) is 10.6. The predicted octanol–water partition coefficient (Wildman–Crippen LogP) is 1.39. The highest BCUT2D eigenvalue weighted by Crippen LogP contribution is 2.12. The van der Waals surface area contributed by atoms with Crippen LogP contribution in [0.4, 0.5) is 10.5 Å². The van der Waals surface area contributed by atoms with Crippen molar-refractivity contribution in [1.82, 2.24) is 20.3 Å². The van der Waals surface area contributed by atoms with Crippen molar-refractivity contribution in [3.63, 3.8) is 0 Å². The monoisotopic (exact) mass is 275 g/mol. The molecule has 2 aromatic heterocycles. The van der Waals surface area contributed by atoms with Crippen LogP contribution >= 0.6 is 0 Å². The Hall–Kier alpha value is -2.90. The van der Waals surface area contributed by atoms with Crippen LogP contribution in [-0.2, 0) is 0 Å². The molecule has 1 unspecified atom stereocenters. The lowest BCUT2D eigenvalue weighted by Gasteiger charge is -2.13. The van der Waals surface area contributed by atoms with Gasteiger partial charge in [-0.25, -0.2) is 19.6 Å². The first kappa shape index (κ1) is 13.5. The lowest BCUT2D eigenvalue weighted by Crippen LogP contribution is -2.32. The van der Waals surface area contributed by atoms with Crippen LogP contribution in [-0.4, -0.2) is 32.1 Å². The second kappa shape index (κ2) is 5.83. The third-order valence-corrected chi connectivity index (χ3v) is 2.54. The van der Waals surface area contributed by atoms with E-state index in [1.807, 2.05) is 0 Å². The summed E-state index contributed by atoms with van der Waals surface area (Å²) in [4.78, 5) is 33.4. The summed E-state index contributed by atoms with van der Waals surface area (Å²) >= 11 is 0. The number of imidazole rings is 1. The maximum absolute atomic E-state index is 11.8. The number of pyridine rings is 1. The molecule has 0 bridgehead atoms. The van der Waals surface area contributed by atoms with Crippen molar-refractivity contribution in [2.75, 3.05) is 5.32 Å². The van der Waals surface area contributed by atoms with Gasteiger partial charge in [-0.3, -0.25) is 0 Å². The summed E-state index contributed by atoms with van der Waals surface area (Å²) in [6.07, 6.45) is 4.57. The molecule has 4 N–H and O–H groups in total. The summed E-state index contributed by atoms with van der Waals surface area (Å²) in [6, 6.07) is 2.13. The van der Waals surface area contributed by atoms with Gasteiger partial charge in [0.1, 0.15) is 5.82 Å². The van der Waals surface area contributed by atoms with E-state index in [1.54, 1.807) is 19.3 Å². The Morgan fingerprint density at radius 2 is 2.15 bits per heavy atom. The zero-order valence-corrected chi connectivity index (χ0v) is 10.6. The average Bonchev–Trinajstić information content (AvgIpc) is 2.92. The first-order valence-corrected chi connectivity index (χ1v) is 5.83. The Bertz CT molecular complexity index is 611. The summed E-state index contributed by atoms with van der Waals surface area (Å²) in [5.41, 5.74) is -0.0857. The van der Waals surface area contributed by atoms with Crippen LogP contribution in [0.3, 0.4) is 0 Å². The molecule has 2 rings (SSSR count). The molecular formula is C12H13N5O3. The number of aromatic amines is 1. The van der Waals surface area contributed by atoms with Crippen molar-refractivity contribution in [1.29, 1.82) is 0 Å². The second-order valence-electron chi connectivity index (χ2n) is 4.00. The van der Waals surface area contributed by atoms with Crippen molar-refractivity contribution < 1.29 is 14.7 Å². The number of hydrogen-bond donors (Lipinski definition) is 4. The molecule has 0 aromatic carbocycles. The minimum atomic E-state index is -1.21. The van der Waals surface area contributed by atoms with Gasteiger partial charge in [0, 0.05) is 18.6 Å². The highest BCUT2D eigenvalue weighted by Gasteiger charge is 2.15. The van der Waals surface area contributed by atoms with Gasteiger partial charge < -0.3 is 20.7 Å². The van der Waals surface area contributed by atoms with E-state index in [4.69, 9.17) is 5.11 Å². The summed E-state index contributed by atoms with van der Waals surface area (Å²) < 4.78 is 0. The molecule has 0 radical (unpaired) electrons. The molecular weight excluding hydrogens is 262 g/mol. The number of carbonyl (C=O) groups excluding carboxylic acids is 1. The molecule has 2 heterocycles. The van der Waals surface area contributed by atoms with Gasteiger partial charge in [-0.15, -0.1) is 0 Å². The van der Waals surface area contributed by atoms with E-state index in [-0.39, 0.29) is 17.4 Å². The van der Waals surface area contributed by atoms with Crippen molar-refractivity contribution >= 4 is 17.7 Å². The molecule has 0 aliphatic heterocycles. The van der Waals surface area contributed by atoms with Crippen molar-refractivity contribution in [2.24, 2.45) is 0 Å². The number of carboxylic acids is 1. The quantitative estimate of drug-likeness (QED) is 0.672. The third-order valence-electron chi connectivity index (χ3n) is 2.54. The summed E-state index contributed by atoms with van der Waals surface area (Å²) in [5, 5.41) is 14.0. The molecule has 8 heteroatoms. The van der Waals surface area contributed by atoms with Crippen molar-refractivity contribution in [3.05, 3.63) is 42.2 Å². The van der Waals surface area contributed by atoms with Gasteiger partial charge in [-0.05, 0) is 19.1 Å². The van der Waals surface area contributed by atoms with Crippen LogP contribution in [0.2, 0.25) is 0 Å². The fourth-order valence-corrected chi connectivity index (χ4v) is 1.61. The molecule has 0 aliphatic carbocycles. The molecule has 2 amide bonds. The number of carbonyl (C=O) groups is 2. The molecule has 0 spiro atoms. The summed E-state index contributed by atoms with van der Waals surface area (Å²) in [5.74, 6) is -0.607. The number of carboxylic acid groups (broad SMARTS) is 1. The molecule has 1 atom stereocenters. The van der Waals surface area contributed by atoms with E-state index in [0.717, 1.165) is 0 Å². The topological polar surface area (TPSA) is 120 Å². The Balaban J connectivity index is 2.03. The lowest BCUT2D eigenvalue weighted by molar-refractivity contribution is 0.0692. The van der Waals surface area contributed by atoms with E-state index in [9.17, 15) is 9.59 Å². The standard InChI is InChI=1S/C12H13N5O3/c1-7(10-14-5-6-15-10)16-12(20)17-8-3-2-4-13-9(8)11(18)19/h2-7H,1H3,(H,14,15)(H,18,19)(H2,16,17,20).